The van der Waals surface area contributed by atoms with Crippen molar-refractivity contribution in [2.75, 3.05) is 13.1 Å². The number of nitrogens with zero attached hydrogens (tertiary/aromatic N) is 2. The third kappa shape index (κ3) is 6.64. The molecule has 2 aromatic rings. The van der Waals surface area contributed by atoms with Crippen LogP contribution in [0.2, 0.25) is 5.02 Å². The van der Waals surface area contributed by atoms with E-state index in [1.807, 2.05) is 20.8 Å². The summed E-state index contributed by atoms with van der Waals surface area (Å²) in [5.74, 6) is 1.26. The van der Waals surface area contributed by atoms with Gasteiger partial charge in [0.2, 0.25) is 0 Å². The van der Waals surface area contributed by atoms with Crippen molar-refractivity contribution in [1.82, 2.24) is 15.8 Å². The molecule has 0 bridgehead atoms. The van der Waals surface area contributed by atoms with Gasteiger partial charge in [0.25, 0.3) is 0 Å². The zero-order chi connectivity index (χ0) is 18.9. The van der Waals surface area contributed by atoms with Gasteiger partial charge in [-0.3, -0.25) is 0 Å². The molecule has 0 saturated carbocycles. The van der Waals surface area contributed by atoms with Gasteiger partial charge in [0.15, 0.2) is 5.96 Å². The van der Waals surface area contributed by atoms with Crippen LogP contribution in [0.1, 0.15) is 43.4 Å². The van der Waals surface area contributed by atoms with Gasteiger partial charge in [-0.15, -0.1) is 24.0 Å². The van der Waals surface area contributed by atoms with E-state index in [0.717, 1.165) is 36.4 Å². The first-order chi connectivity index (χ1) is 12.6. The predicted molar refractivity (Wildman–Crippen MR) is 119 cm³/mol. The van der Waals surface area contributed by atoms with Gasteiger partial charge in [0, 0.05) is 35.7 Å². The van der Waals surface area contributed by atoms with E-state index in [9.17, 15) is 4.39 Å². The Hall–Kier alpha value is -1.35. The molecule has 0 spiro atoms. The maximum absolute atomic E-state index is 13.8. The molecule has 2 rings (SSSR count). The average Bonchev–Trinajstić information content (AvgIpc) is 3.04. The molecular weight excluding hydrogens is 482 g/mol. The van der Waals surface area contributed by atoms with Crippen LogP contribution in [0.5, 0.6) is 0 Å². The zero-order valence-corrected chi connectivity index (χ0v) is 19.0. The van der Waals surface area contributed by atoms with Crippen molar-refractivity contribution in [2.24, 2.45) is 4.99 Å². The summed E-state index contributed by atoms with van der Waals surface area (Å²) in [6.07, 6.45) is 2.07. The number of benzene rings is 1. The highest BCUT2D eigenvalue weighted by molar-refractivity contribution is 14.0. The number of aromatic nitrogens is 1. The van der Waals surface area contributed by atoms with Crippen molar-refractivity contribution in [3.05, 3.63) is 51.6 Å². The minimum atomic E-state index is -0.286. The van der Waals surface area contributed by atoms with E-state index in [0.29, 0.717) is 36.1 Å². The Balaban J connectivity index is 0.00000364. The first-order valence-electron chi connectivity index (χ1n) is 9.01. The normalized spacial score (nSPS) is 11.2. The summed E-state index contributed by atoms with van der Waals surface area (Å²) in [6.45, 7) is 7.83. The summed E-state index contributed by atoms with van der Waals surface area (Å²) < 4.78 is 19.2. The molecule has 2 N–H and O–H groups in total. The number of hydrogen-bond acceptors (Lipinski definition) is 3. The molecular formula is C19H27ClFIN4O. The van der Waals surface area contributed by atoms with Crippen LogP contribution in [-0.4, -0.2) is 24.2 Å². The molecule has 0 fully saturated rings. The molecule has 1 aromatic carbocycles. The van der Waals surface area contributed by atoms with Crippen LogP contribution in [0.3, 0.4) is 0 Å². The van der Waals surface area contributed by atoms with Gasteiger partial charge in [-0.2, -0.15) is 0 Å². The fourth-order valence-corrected chi connectivity index (χ4v) is 2.95. The summed E-state index contributed by atoms with van der Waals surface area (Å²) in [6, 6.07) is 4.73. The Morgan fingerprint density at radius 2 is 1.96 bits per heavy atom. The quantitative estimate of drug-likeness (QED) is 0.313. The molecule has 0 atom stereocenters. The van der Waals surface area contributed by atoms with Crippen LogP contribution < -0.4 is 10.6 Å². The maximum atomic E-state index is 13.8. The molecule has 5 nitrogen and oxygen atoms in total. The molecule has 150 valence electrons. The number of aliphatic imine (C=N–C) groups is 1. The largest absolute Gasteiger partial charge is 0.361 e. The fraction of sp³-hybridized carbons (Fsp3) is 0.474. The molecule has 0 amide bonds. The molecule has 0 unspecified atom stereocenters. The number of guanidine groups is 1. The van der Waals surface area contributed by atoms with Crippen molar-refractivity contribution < 1.29 is 8.91 Å². The molecule has 0 saturated heterocycles. The monoisotopic (exact) mass is 508 g/mol. The van der Waals surface area contributed by atoms with Gasteiger partial charge in [-0.05, 0) is 31.9 Å². The lowest BCUT2D eigenvalue weighted by Crippen LogP contribution is -2.38. The van der Waals surface area contributed by atoms with Crippen LogP contribution >= 0.6 is 35.6 Å². The predicted octanol–water partition coefficient (Wildman–Crippen LogP) is 4.51. The Morgan fingerprint density at radius 3 is 2.59 bits per heavy atom. The summed E-state index contributed by atoms with van der Waals surface area (Å²) in [5, 5.41) is 11.0. The van der Waals surface area contributed by atoms with Gasteiger partial charge in [-0.25, -0.2) is 9.38 Å². The van der Waals surface area contributed by atoms with Crippen LogP contribution in [0.4, 0.5) is 4.39 Å². The van der Waals surface area contributed by atoms with Crippen molar-refractivity contribution in [3.63, 3.8) is 0 Å². The Kier molecular flexibility index (Phi) is 10.7. The maximum Gasteiger partial charge on any atom is 0.191 e. The van der Waals surface area contributed by atoms with E-state index < -0.39 is 0 Å². The number of hydrogen-bond donors (Lipinski definition) is 2. The topological polar surface area (TPSA) is 62.5 Å². The average molecular weight is 509 g/mol. The summed E-state index contributed by atoms with van der Waals surface area (Å²) in [7, 11) is 0. The van der Waals surface area contributed by atoms with Gasteiger partial charge < -0.3 is 15.2 Å². The minimum Gasteiger partial charge on any atom is -0.361 e. The van der Waals surface area contributed by atoms with Crippen molar-refractivity contribution in [1.29, 1.82) is 0 Å². The van der Waals surface area contributed by atoms with Crippen LogP contribution in [0, 0.1) is 5.82 Å². The molecule has 0 radical (unpaired) electrons. The lowest BCUT2D eigenvalue weighted by molar-refractivity contribution is 0.380. The number of nitrogens with one attached hydrogen (secondary N) is 2. The van der Waals surface area contributed by atoms with E-state index in [2.05, 4.69) is 20.8 Å². The lowest BCUT2D eigenvalue weighted by Gasteiger charge is -2.12. The summed E-state index contributed by atoms with van der Waals surface area (Å²) >= 11 is 6.07. The van der Waals surface area contributed by atoms with Crippen molar-refractivity contribution in [2.45, 2.75) is 46.6 Å². The highest BCUT2D eigenvalue weighted by Gasteiger charge is 2.13. The lowest BCUT2D eigenvalue weighted by atomic mass is 10.1. The summed E-state index contributed by atoms with van der Waals surface area (Å²) in [5.41, 5.74) is 2.50. The van der Waals surface area contributed by atoms with Crippen LogP contribution in [-0.2, 0) is 25.8 Å². The summed E-state index contributed by atoms with van der Waals surface area (Å²) in [4.78, 5) is 4.62. The smallest absolute Gasteiger partial charge is 0.191 e. The van der Waals surface area contributed by atoms with E-state index >= 15 is 0 Å². The second-order valence-corrected chi connectivity index (χ2v) is 6.22. The molecule has 0 aliphatic carbocycles. The molecule has 1 heterocycles. The standard InChI is InChI=1S/C19H26ClFN4O.HI/c1-4-17-14(18(5-2)26-25-17)12-24-19(22-6-3)23-11-10-13-15(20)8-7-9-16(13)21;/h7-9H,4-6,10-12H2,1-3H3,(H2,22,23,24);1H. The molecule has 0 aliphatic rings. The number of aryl methyl sites for hydroxylation is 2. The molecule has 0 aliphatic heterocycles. The Morgan fingerprint density at radius 1 is 1.19 bits per heavy atom. The first kappa shape index (κ1) is 23.7. The van der Waals surface area contributed by atoms with Gasteiger partial charge >= 0.3 is 0 Å². The van der Waals surface area contributed by atoms with E-state index in [1.165, 1.54) is 6.07 Å². The second kappa shape index (κ2) is 12.2. The zero-order valence-electron chi connectivity index (χ0n) is 15.9. The van der Waals surface area contributed by atoms with Crippen LogP contribution in [0.25, 0.3) is 0 Å². The van der Waals surface area contributed by atoms with Gasteiger partial charge in [-0.1, -0.05) is 36.7 Å². The van der Waals surface area contributed by atoms with E-state index in [4.69, 9.17) is 16.1 Å². The first-order valence-corrected chi connectivity index (χ1v) is 9.39. The fourth-order valence-electron chi connectivity index (χ4n) is 2.69. The van der Waals surface area contributed by atoms with E-state index in [-0.39, 0.29) is 29.8 Å². The molecule has 1 aromatic heterocycles. The Labute approximate surface area is 182 Å². The van der Waals surface area contributed by atoms with Crippen molar-refractivity contribution in [3.8, 4) is 0 Å². The highest BCUT2D eigenvalue weighted by Crippen LogP contribution is 2.19. The third-order valence-electron chi connectivity index (χ3n) is 4.08. The highest BCUT2D eigenvalue weighted by atomic mass is 127. The van der Waals surface area contributed by atoms with Gasteiger partial charge in [0.1, 0.15) is 11.6 Å². The van der Waals surface area contributed by atoms with Crippen LogP contribution in [0.15, 0.2) is 27.7 Å². The number of rotatable bonds is 8. The Bertz CT molecular complexity index is 710. The van der Waals surface area contributed by atoms with Gasteiger partial charge in [0.05, 0.1) is 12.2 Å². The molecule has 8 heteroatoms. The number of halogens is 3. The SMILES string of the molecule is CCNC(=NCc1c(CC)noc1CC)NCCc1c(F)cccc1Cl.I. The minimum absolute atomic E-state index is 0. The second-order valence-electron chi connectivity index (χ2n) is 5.81. The van der Waals surface area contributed by atoms with Crippen molar-refractivity contribution >= 4 is 41.5 Å². The molecule has 27 heavy (non-hydrogen) atoms. The van der Waals surface area contributed by atoms with E-state index in [1.54, 1.807) is 12.1 Å². The third-order valence-corrected chi connectivity index (χ3v) is 4.43.